The van der Waals surface area contributed by atoms with Gasteiger partial charge in [0.25, 0.3) is 0 Å². The first-order chi connectivity index (χ1) is 16.9. The van der Waals surface area contributed by atoms with E-state index < -0.39 is 11.1 Å². The minimum absolute atomic E-state index is 0.0441. The molecular formula is C29H29FN2O3. The molecule has 35 heavy (non-hydrogen) atoms. The van der Waals surface area contributed by atoms with Gasteiger partial charge in [0.1, 0.15) is 17.0 Å². The van der Waals surface area contributed by atoms with Crippen molar-refractivity contribution < 1.29 is 18.7 Å². The van der Waals surface area contributed by atoms with Crippen LogP contribution >= 0.6 is 0 Å². The van der Waals surface area contributed by atoms with Crippen LogP contribution in [0.2, 0.25) is 0 Å². The van der Waals surface area contributed by atoms with Gasteiger partial charge in [-0.25, -0.2) is 9.18 Å². The molecular weight excluding hydrogens is 443 g/mol. The lowest BCUT2D eigenvalue weighted by Crippen LogP contribution is -2.58. The van der Waals surface area contributed by atoms with Crippen molar-refractivity contribution in [3.8, 4) is 0 Å². The van der Waals surface area contributed by atoms with Crippen molar-refractivity contribution >= 4 is 12.0 Å². The number of nitrogens with zero attached hydrogens (tertiary/aromatic N) is 2. The zero-order chi connectivity index (χ0) is 24.5. The summed E-state index contributed by atoms with van der Waals surface area (Å²) in [6.45, 7) is 3.47. The van der Waals surface area contributed by atoms with E-state index in [4.69, 9.17) is 4.74 Å². The first kappa shape index (κ1) is 23.1. The van der Waals surface area contributed by atoms with Crippen LogP contribution in [0.1, 0.15) is 36.5 Å². The van der Waals surface area contributed by atoms with E-state index in [2.05, 4.69) is 6.92 Å². The zero-order valence-electron chi connectivity index (χ0n) is 19.8. The Morgan fingerprint density at radius 1 is 0.914 bits per heavy atom. The van der Waals surface area contributed by atoms with Crippen molar-refractivity contribution in [3.63, 3.8) is 0 Å². The molecule has 1 unspecified atom stereocenters. The predicted molar refractivity (Wildman–Crippen MR) is 131 cm³/mol. The largest absolute Gasteiger partial charge is 0.440 e. The Bertz CT molecular complexity index is 1210. The molecule has 2 fully saturated rings. The van der Waals surface area contributed by atoms with Crippen LogP contribution in [0.4, 0.5) is 9.18 Å². The molecule has 3 aromatic carbocycles. The molecule has 2 saturated heterocycles. The Hall–Kier alpha value is -3.67. The minimum atomic E-state index is -0.754. The van der Waals surface area contributed by atoms with Crippen LogP contribution in [0.5, 0.6) is 0 Å². The van der Waals surface area contributed by atoms with Crippen LogP contribution in [0, 0.1) is 5.82 Å². The molecule has 0 bridgehead atoms. The average Bonchev–Trinajstić information content (AvgIpc) is 3.07. The summed E-state index contributed by atoms with van der Waals surface area (Å²) in [6.07, 6.45) is 0.884. The first-order valence-corrected chi connectivity index (χ1v) is 12.0. The van der Waals surface area contributed by atoms with Gasteiger partial charge in [-0.15, -0.1) is 0 Å². The van der Waals surface area contributed by atoms with Crippen LogP contribution in [-0.4, -0.2) is 40.5 Å². The molecule has 0 saturated carbocycles. The van der Waals surface area contributed by atoms with Gasteiger partial charge in [0, 0.05) is 25.9 Å². The van der Waals surface area contributed by atoms with Gasteiger partial charge in [-0.1, -0.05) is 72.8 Å². The number of benzene rings is 3. The third kappa shape index (κ3) is 4.18. The maximum Gasteiger partial charge on any atom is 0.411 e. The fourth-order valence-electron chi connectivity index (χ4n) is 5.56. The Balaban J connectivity index is 1.40. The summed E-state index contributed by atoms with van der Waals surface area (Å²) in [4.78, 5) is 29.9. The molecule has 1 atom stereocenters. The third-order valence-corrected chi connectivity index (χ3v) is 7.62. The highest BCUT2D eigenvalue weighted by Gasteiger charge is 2.63. The lowest BCUT2D eigenvalue weighted by atomic mass is 9.70. The van der Waals surface area contributed by atoms with Gasteiger partial charge in [-0.2, -0.15) is 0 Å². The number of carbonyl (C=O) groups is 2. The molecule has 0 radical (unpaired) electrons. The monoisotopic (exact) mass is 472 g/mol. The van der Waals surface area contributed by atoms with Crippen molar-refractivity contribution in [2.45, 2.75) is 43.9 Å². The lowest BCUT2D eigenvalue weighted by molar-refractivity contribution is -0.136. The number of amides is 2. The van der Waals surface area contributed by atoms with E-state index in [0.717, 1.165) is 11.1 Å². The van der Waals surface area contributed by atoms with E-state index in [-0.39, 0.29) is 24.2 Å². The molecule has 5 rings (SSSR count). The number of carbonyl (C=O) groups excluding carboxylic acids is 2. The van der Waals surface area contributed by atoms with Gasteiger partial charge < -0.3 is 9.64 Å². The van der Waals surface area contributed by atoms with Crippen molar-refractivity contribution in [1.29, 1.82) is 0 Å². The van der Waals surface area contributed by atoms with E-state index in [1.165, 1.54) is 12.1 Å². The Kier molecular flexibility index (Phi) is 6.05. The summed E-state index contributed by atoms with van der Waals surface area (Å²) in [7, 11) is 0. The van der Waals surface area contributed by atoms with Gasteiger partial charge >= 0.3 is 6.09 Å². The standard InChI is InChI=1S/C29H29FN2O3/c1-28(24-12-6-3-7-13-24)29(35-27(34)32(28)21-22-9-4-2-5-10-22)15-17-31(18-16-29)26(33)20-23-11-8-14-25(30)19-23/h2-14,19H,15-18,20-21H2,1H3. The summed E-state index contributed by atoms with van der Waals surface area (Å²) < 4.78 is 19.8. The number of hydrogen-bond donors (Lipinski definition) is 0. The van der Waals surface area contributed by atoms with E-state index in [9.17, 15) is 14.0 Å². The highest BCUT2D eigenvalue weighted by atomic mass is 19.1. The molecule has 2 amide bonds. The summed E-state index contributed by atoms with van der Waals surface area (Å²) in [5, 5.41) is 0. The molecule has 2 aliphatic rings. The topological polar surface area (TPSA) is 49.9 Å². The summed E-state index contributed by atoms with van der Waals surface area (Å²) in [6, 6.07) is 26.1. The number of piperidine rings is 1. The van der Waals surface area contributed by atoms with E-state index in [0.29, 0.717) is 38.0 Å². The highest BCUT2D eigenvalue weighted by Crippen LogP contribution is 2.52. The van der Waals surface area contributed by atoms with Gasteiger partial charge in [-0.3, -0.25) is 9.69 Å². The zero-order valence-corrected chi connectivity index (χ0v) is 19.8. The summed E-state index contributed by atoms with van der Waals surface area (Å²) in [5.74, 6) is -0.389. The normalized spacial score (nSPS) is 21.3. The summed E-state index contributed by atoms with van der Waals surface area (Å²) in [5.41, 5.74) is 1.26. The Morgan fingerprint density at radius 3 is 2.20 bits per heavy atom. The van der Waals surface area contributed by atoms with Gasteiger partial charge in [0.15, 0.2) is 0 Å². The number of halogens is 1. The fraction of sp³-hybridized carbons (Fsp3) is 0.310. The molecule has 2 aliphatic heterocycles. The molecule has 0 aliphatic carbocycles. The molecule has 180 valence electrons. The molecule has 2 heterocycles. The maximum atomic E-state index is 13.6. The quantitative estimate of drug-likeness (QED) is 0.507. The second-order valence-electron chi connectivity index (χ2n) is 9.56. The van der Waals surface area contributed by atoms with Crippen LogP contribution in [-0.2, 0) is 28.0 Å². The van der Waals surface area contributed by atoms with Gasteiger partial charge in [0.05, 0.1) is 13.0 Å². The van der Waals surface area contributed by atoms with E-state index in [1.54, 1.807) is 17.0 Å². The highest BCUT2D eigenvalue weighted by molar-refractivity contribution is 5.79. The first-order valence-electron chi connectivity index (χ1n) is 12.0. The molecule has 0 N–H and O–H groups in total. The Morgan fingerprint density at radius 2 is 1.54 bits per heavy atom. The van der Waals surface area contributed by atoms with Crippen LogP contribution in [0.15, 0.2) is 84.9 Å². The molecule has 5 nitrogen and oxygen atoms in total. The van der Waals surface area contributed by atoms with Crippen molar-refractivity contribution in [1.82, 2.24) is 9.80 Å². The van der Waals surface area contributed by atoms with Gasteiger partial charge in [0.2, 0.25) is 5.91 Å². The molecule has 3 aromatic rings. The minimum Gasteiger partial charge on any atom is -0.440 e. The van der Waals surface area contributed by atoms with Crippen molar-refractivity contribution in [2.75, 3.05) is 13.1 Å². The average molecular weight is 473 g/mol. The van der Waals surface area contributed by atoms with E-state index >= 15 is 0 Å². The molecule has 0 aromatic heterocycles. The number of ether oxygens (including phenoxy) is 1. The van der Waals surface area contributed by atoms with Gasteiger partial charge in [-0.05, 0) is 35.7 Å². The predicted octanol–water partition coefficient (Wildman–Crippen LogP) is 5.30. The summed E-state index contributed by atoms with van der Waals surface area (Å²) >= 11 is 0. The second kappa shape index (κ2) is 9.17. The number of hydrogen-bond acceptors (Lipinski definition) is 3. The van der Waals surface area contributed by atoms with Crippen molar-refractivity contribution in [2.24, 2.45) is 0 Å². The fourth-order valence-corrected chi connectivity index (χ4v) is 5.56. The maximum absolute atomic E-state index is 13.6. The van der Waals surface area contributed by atoms with Crippen LogP contribution in [0.25, 0.3) is 0 Å². The number of likely N-dealkylation sites (tertiary alicyclic amines) is 1. The SMILES string of the molecule is CC1(c2ccccc2)N(Cc2ccccc2)C(=O)OC12CCN(C(=O)Cc1cccc(F)c1)CC2. The van der Waals surface area contributed by atoms with Crippen LogP contribution in [0.3, 0.4) is 0 Å². The Labute approximate surface area is 205 Å². The number of rotatable bonds is 5. The van der Waals surface area contributed by atoms with Crippen molar-refractivity contribution in [3.05, 3.63) is 107 Å². The lowest BCUT2D eigenvalue weighted by Gasteiger charge is -2.48. The smallest absolute Gasteiger partial charge is 0.411 e. The van der Waals surface area contributed by atoms with E-state index in [1.807, 2.05) is 65.6 Å². The molecule has 1 spiro atoms. The third-order valence-electron chi connectivity index (χ3n) is 7.62. The van der Waals surface area contributed by atoms with Crippen LogP contribution < -0.4 is 0 Å². The molecule has 6 heteroatoms. The second-order valence-corrected chi connectivity index (χ2v) is 9.56.